The van der Waals surface area contributed by atoms with Gasteiger partial charge in [-0.1, -0.05) is 0 Å². The van der Waals surface area contributed by atoms with E-state index in [9.17, 15) is 0 Å². The van der Waals surface area contributed by atoms with Crippen molar-refractivity contribution in [3.8, 4) is 0 Å². The Labute approximate surface area is 81.5 Å². The maximum atomic E-state index is 4.25. The number of H-pyrrole nitrogens is 2. The molecule has 0 spiro atoms. The van der Waals surface area contributed by atoms with Crippen LogP contribution in [0.3, 0.4) is 0 Å². The zero-order chi connectivity index (χ0) is 8.84. The predicted molar refractivity (Wildman–Crippen MR) is 53.4 cm³/mol. The van der Waals surface area contributed by atoms with E-state index in [1.54, 1.807) is 12.5 Å². The first-order valence-corrected chi connectivity index (χ1v) is 4.60. The van der Waals surface area contributed by atoms with Gasteiger partial charge in [-0.05, 0) is 15.9 Å². The van der Waals surface area contributed by atoms with Gasteiger partial charge in [0.15, 0.2) is 0 Å². The molecule has 0 aliphatic rings. The first-order valence-electron chi connectivity index (χ1n) is 3.81. The van der Waals surface area contributed by atoms with Crippen LogP contribution in [0.15, 0.2) is 23.2 Å². The molecular formula is C8H5BrN4. The third kappa shape index (κ3) is 0.846. The van der Waals surface area contributed by atoms with Crippen LogP contribution in [0.1, 0.15) is 0 Å². The summed E-state index contributed by atoms with van der Waals surface area (Å²) in [6.45, 7) is 0. The fourth-order valence-electron chi connectivity index (χ4n) is 1.45. The van der Waals surface area contributed by atoms with E-state index < -0.39 is 0 Å². The molecule has 0 aliphatic heterocycles. The predicted octanol–water partition coefficient (Wildman–Crippen LogP) is 2.20. The van der Waals surface area contributed by atoms with E-state index in [1.165, 1.54) is 0 Å². The first kappa shape index (κ1) is 7.08. The number of hydrogen-bond donors (Lipinski definition) is 2. The molecule has 13 heavy (non-hydrogen) atoms. The molecule has 0 fully saturated rings. The van der Waals surface area contributed by atoms with Gasteiger partial charge in [0.2, 0.25) is 0 Å². The van der Waals surface area contributed by atoms with Crippen LogP contribution in [-0.4, -0.2) is 19.9 Å². The zero-order valence-electron chi connectivity index (χ0n) is 6.50. The van der Waals surface area contributed by atoms with E-state index in [1.807, 2.05) is 6.20 Å². The number of aromatic amines is 2. The van der Waals surface area contributed by atoms with Gasteiger partial charge in [0.1, 0.15) is 11.2 Å². The highest BCUT2D eigenvalue weighted by atomic mass is 79.9. The van der Waals surface area contributed by atoms with Crippen molar-refractivity contribution in [1.29, 1.82) is 0 Å². The number of aromatic nitrogens is 4. The van der Waals surface area contributed by atoms with Crippen molar-refractivity contribution in [2.75, 3.05) is 0 Å². The number of imidazole rings is 1. The maximum Gasteiger partial charge on any atom is 0.140 e. The van der Waals surface area contributed by atoms with Gasteiger partial charge in [-0.3, -0.25) is 0 Å². The molecule has 5 heteroatoms. The average Bonchev–Trinajstić information content (AvgIpc) is 2.70. The number of nitrogens with one attached hydrogen (secondary N) is 2. The Balaban J connectivity index is 2.70. The van der Waals surface area contributed by atoms with Crippen molar-refractivity contribution < 1.29 is 0 Å². The van der Waals surface area contributed by atoms with Crippen molar-refractivity contribution in [1.82, 2.24) is 19.9 Å². The van der Waals surface area contributed by atoms with E-state index in [0.717, 1.165) is 26.5 Å². The third-order valence-electron chi connectivity index (χ3n) is 2.04. The Morgan fingerprint density at radius 3 is 3.08 bits per heavy atom. The van der Waals surface area contributed by atoms with Crippen LogP contribution in [-0.2, 0) is 0 Å². The van der Waals surface area contributed by atoms with Crippen LogP contribution in [0.2, 0.25) is 0 Å². The lowest BCUT2D eigenvalue weighted by Crippen LogP contribution is -1.77. The summed E-state index contributed by atoms with van der Waals surface area (Å²) in [6.07, 6.45) is 5.31. The SMILES string of the molecule is Brc1c[nH]c2ncc3[nH]cnc3c12. The van der Waals surface area contributed by atoms with Crippen LogP contribution < -0.4 is 0 Å². The van der Waals surface area contributed by atoms with Crippen LogP contribution in [0.4, 0.5) is 0 Å². The summed E-state index contributed by atoms with van der Waals surface area (Å²) >= 11 is 3.45. The van der Waals surface area contributed by atoms with Crippen LogP contribution >= 0.6 is 15.9 Å². The topological polar surface area (TPSA) is 57.4 Å². The van der Waals surface area contributed by atoms with Gasteiger partial charge in [-0.2, -0.15) is 0 Å². The Bertz CT molecular complexity index is 580. The van der Waals surface area contributed by atoms with Gasteiger partial charge in [0, 0.05) is 10.7 Å². The van der Waals surface area contributed by atoms with Crippen molar-refractivity contribution in [2.24, 2.45) is 0 Å². The Hall–Kier alpha value is -1.36. The first-order chi connectivity index (χ1) is 6.36. The molecule has 0 aliphatic carbocycles. The molecule has 3 heterocycles. The smallest absolute Gasteiger partial charge is 0.140 e. The van der Waals surface area contributed by atoms with Crippen molar-refractivity contribution >= 4 is 38.0 Å². The minimum absolute atomic E-state index is 0.853. The van der Waals surface area contributed by atoms with Crippen LogP contribution in [0.25, 0.3) is 22.1 Å². The van der Waals surface area contributed by atoms with Gasteiger partial charge in [-0.15, -0.1) is 0 Å². The lowest BCUT2D eigenvalue weighted by atomic mass is 10.3. The van der Waals surface area contributed by atoms with E-state index in [-0.39, 0.29) is 0 Å². The van der Waals surface area contributed by atoms with E-state index in [4.69, 9.17) is 0 Å². The fraction of sp³-hybridized carbons (Fsp3) is 0. The molecule has 0 unspecified atom stereocenters. The summed E-state index contributed by atoms with van der Waals surface area (Å²) in [5.41, 5.74) is 2.75. The van der Waals surface area contributed by atoms with Gasteiger partial charge in [-0.25, -0.2) is 9.97 Å². The number of nitrogens with zero attached hydrogens (tertiary/aromatic N) is 2. The molecule has 0 aromatic carbocycles. The number of rotatable bonds is 0. The minimum Gasteiger partial charge on any atom is -0.345 e. The molecule has 2 N–H and O–H groups in total. The summed E-state index contributed by atoms with van der Waals surface area (Å²) in [5, 5.41) is 1.03. The largest absolute Gasteiger partial charge is 0.345 e. The molecule has 0 atom stereocenters. The highest BCUT2D eigenvalue weighted by Gasteiger charge is 2.08. The summed E-state index contributed by atoms with van der Waals surface area (Å²) in [7, 11) is 0. The highest BCUT2D eigenvalue weighted by Crippen LogP contribution is 2.27. The maximum absolute atomic E-state index is 4.25. The number of fused-ring (bicyclic) bond motifs is 3. The molecule has 0 bridgehead atoms. The van der Waals surface area contributed by atoms with Gasteiger partial charge in [0.25, 0.3) is 0 Å². The minimum atomic E-state index is 0.853. The average molecular weight is 237 g/mol. The summed E-state index contributed by atoms with van der Waals surface area (Å²) < 4.78 is 0.993. The van der Waals surface area contributed by atoms with E-state index in [0.29, 0.717) is 0 Å². The summed E-state index contributed by atoms with van der Waals surface area (Å²) in [5.74, 6) is 0. The second-order valence-corrected chi connectivity index (χ2v) is 3.64. The molecule has 0 saturated heterocycles. The Kier molecular flexibility index (Phi) is 1.26. The van der Waals surface area contributed by atoms with Gasteiger partial charge < -0.3 is 9.97 Å². The monoisotopic (exact) mass is 236 g/mol. The Morgan fingerprint density at radius 2 is 2.15 bits per heavy atom. The molecule has 3 aromatic rings. The molecule has 64 valence electrons. The molecule has 4 nitrogen and oxygen atoms in total. The molecule has 0 amide bonds. The van der Waals surface area contributed by atoms with Gasteiger partial charge >= 0.3 is 0 Å². The molecule has 3 aromatic heterocycles. The molecule has 0 saturated carbocycles. The van der Waals surface area contributed by atoms with Crippen molar-refractivity contribution in [2.45, 2.75) is 0 Å². The number of hydrogen-bond acceptors (Lipinski definition) is 2. The molecular weight excluding hydrogens is 232 g/mol. The van der Waals surface area contributed by atoms with Crippen LogP contribution in [0.5, 0.6) is 0 Å². The van der Waals surface area contributed by atoms with E-state index in [2.05, 4.69) is 35.9 Å². The number of halogens is 1. The summed E-state index contributed by atoms with van der Waals surface area (Å²) in [4.78, 5) is 14.6. The molecule has 3 rings (SSSR count). The lowest BCUT2D eigenvalue weighted by Gasteiger charge is -1.90. The highest BCUT2D eigenvalue weighted by molar-refractivity contribution is 9.10. The summed E-state index contributed by atoms with van der Waals surface area (Å²) in [6, 6.07) is 0. The quantitative estimate of drug-likeness (QED) is 0.629. The third-order valence-corrected chi connectivity index (χ3v) is 2.67. The standard InChI is InChI=1S/C8H5BrN4/c9-4-1-10-8-6(4)7-5(2-11-8)12-3-13-7/h1-3H,(H,10,11)(H,12,13). The van der Waals surface area contributed by atoms with Crippen molar-refractivity contribution in [3.05, 3.63) is 23.2 Å². The van der Waals surface area contributed by atoms with E-state index >= 15 is 0 Å². The van der Waals surface area contributed by atoms with Crippen LogP contribution in [0, 0.1) is 0 Å². The normalized spacial score (nSPS) is 11.5. The van der Waals surface area contributed by atoms with Crippen molar-refractivity contribution in [3.63, 3.8) is 0 Å². The number of pyridine rings is 1. The second-order valence-electron chi connectivity index (χ2n) is 2.78. The lowest BCUT2D eigenvalue weighted by molar-refractivity contribution is 1.32. The fourth-order valence-corrected chi connectivity index (χ4v) is 1.94. The second kappa shape index (κ2) is 2.32. The zero-order valence-corrected chi connectivity index (χ0v) is 8.09. The molecule has 0 radical (unpaired) electrons. The Morgan fingerprint density at radius 1 is 1.23 bits per heavy atom. The van der Waals surface area contributed by atoms with Gasteiger partial charge in [0.05, 0.1) is 23.4 Å².